The number of amides is 1. The quantitative estimate of drug-likeness (QED) is 0.674. The number of hydrogen-bond donors (Lipinski definition) is 0. The molecule has 2 aromatic heterocycles. The van der Waals surface area contributed by atoms with Crippen LogP contribution in [0.5, 0.6) is 0 Å². The third-order valence-electron chi connectivity index (χ3n) is 5.19. The Kier molecular flexibility index (Phi) is 5.07. The monoisotopic (exact) mass is 381 g/mol. The van der Waals surface area contributed by atoms with Crippen molar-refractivity contribution in [1.29, 1.82) is 0 Å². The minimum Gasteiger partial charge on any atom is -0.356 e. The molecule has 0 spiro atoms. The zero-order valence-corrected chi connectivity index (χ0v) is 16.5. The topological polar surface area (TPSA) is 59.2 Å². The molecule has 0 radical (unpaired) electrons. The second-order valence-corrected chi connectivity index (χ2v) is 8.31. The summed E-state index contributed by atoms with van der Waals surface area (Å²) in [5.41, 5.74) is 2.79. The van der Waals surface area contributed by atoms with E-state index in [1.54, 1.807) is 11.3 Å². The van der Waals surface area contributed by atoms with Crippen LogP contribution >= 0.6 is 11.3 Å². The predicted octanol–water partition coefficient (Wildman–Crippen LogP) is 4.36. The van der Waals surface area contributed by atoms with Crippen molar-refractivity contribution in [2.75, 3.05) is 13.1 Å². The number of carbonyl (C=O) groups is 1. The van der Waals surface area contributed by atoms with Gasteiger partial charge in [0.15, 0.2) is 5.76 Å². The highest BCUT2D eigenvalue weighted by Gasteiger charge is 2.26. The highest BCUT2D eigenvalue weighted by Crippen LogP contribution is 2.32. The lowest BCUT2D eigenvalue weighted by atomic mass is 9.97. The Hall–Kier alpha value is -2.47. The second kappa shape index (κ2) is 7.64. The summed E-state index contributed by atoms with van der Waals surface area (Å²) in [6.45, 7) is 5.75. The third kappa shape index (κ3) is 3.95. The number of piperidine rings is 1. The number of aromatic nitrogens is 2. The van der Waals surface area contributed by atoms with Crippen LogP contribution < -0.4 is 0 Å². The lowest BCUT2D eigenvalue weighted by Gasteiger charge is -2.31. The molecule has 140 valence electrons. The molecule has 1 aromatic carbocycles. The molecule has 0 aliphatic carbocycles. The fraction of sp³-hybridized carbons (Fsp3) is 0.381. The molecule has 1 amide bonds. The maximum atomic E-state index is 12.6. The van der Waals surface area contributed by atoms with Crippen molar-refractivity contribution in [3.63, 3.8) is 0 Å². The summed E-state index contributed by atoms with van der Waals surface area (Å²) in [5.74, 6) is 1.29. The van der Waals surface area contributed by atoms with Gasteiger partial charge in [-0.15, -0.1) is 11.3 Å². The summed E-state index contributed by atoms with van der Waals surface area (Å²) in [7, 11) is 0. The first-order chi connectivity index (χ1) is 13.1. The van der Waals surface area contributed by atoms with Gasteiger partial charge in [-0.1, -0.05) is 35.5 Å². The Bertz CT molecular complexity index is 905. The van der Waals surface area contributed by atoms with E-state index < -0.39 is 0 Å². The molecule has 0 N–H and O–H groups in total. The second-order valence-electron chi connectivity index (χ2n) is 7.07. The lowest BCUT2D eigenvalue weighted by molar-refractivity contribution is -0.131. The molecule has 5 nitrogen and oxygen atoms in total. The summed E-state index contributed by atoms with van der Waals surface area (Å²) in [4.78, 5) is 20.6. The summed E-state index contributed by atoms with van der Waals surface area (Å²) in [6, 6.07) is 11.7. The Balaban J connectivity index is 1.34. The fourth-order valence-corrected chi connectivity index (χ4v) is 4.54. The van der Waals surface area contributed by atoms with Crippen molar-refractivity contribution < 1.29 is 9.32 Å². The van der Waals surface area contributed by atoms with E-state index in [4.69, 9.17) is 9.51 Å². The Morgan fingerprint density at radius 3 is 2.63 bits per heavy atom. The van der Waals surface area contributed by atoms with Crippen molar-refractivity contribution >= 4 is 17.2 Å². The minimum atomic E-state index is 0.118. The summed E-state index contributed by atoms with van der Waals surface area (Å²) in [5, 5.41) is 5.29. The van der Waals surface area contributed by atoms with Crippen LogP contribution in [0.3, 0.4) is 0 Å². The van der Waals surface area contributed by atoms with Gasteiger partial charge < -0.3 is 9.42 Å². The van der Waals surface area contributed by atoms with E-state index >= 15 is 0 Å². The van der Waals surface area contributed by atoms with Gasteiger partial charge in [-0.25, -0.2) is 4.98 Å². The number of benzene rings is 1. The number of hydrogen-bond acceptors (Lipinski definition) is 5. The standard InChI is InChI=1S/C21H23N3O2S/c1-14-15(2)27-21(22-14)17-8-10-24(11-9-17)20(25)13-18-12-19(26-23-18)16-6-4-3-5-7-16/h3-7,12,17H,8-11,13H2,1-2H3. The average Bonchev–Trinajstić information content (AvgIpc) is 3.29. The van der Waals surface area contributed by atoms with Crippen molar-refractivity contribution in [2.24, 2.45) is 0 Å². The molecule has 1 aliphatic rings. The molecular weight excluding hydrogens is 358 g/mol. The minimum absolute atomic E-state index is 0.118. The van der Waals surface area contributed by atoms with Gasteiger partial charge >= 0.3 is 0 Å². The molecule has 1 aliphatic heterocycles. The first kappa shape index (κ1) is 17.9. The van der Waals surface area contributed by atoms with Crippen LogP contribution in [0, 0.1) is 13.8 Å². The van der Waals surface area contributed by atoms with Crippen molar-refractivity contribution in [1.82, 2.24) is 15.0 Å². The number of carbonyl (C=O) groups excluding carboxylic acids is 1. The molecular formula is C21H23N3O2S. The van der Waals surface area contributed by atoms with Crippen LogP contribution in [-0.4, -0.2) is 34.0 Å². The molecule has 3 heterocycles. The van der Waals surface area contributed by atoms with E-state index in [0.29, 0.717) is 17.4 Å². The Labute approximate surface area is 163 Å². The molecule has 0 saturated carbocycles. The summed E-state index contributed by atoms with van der Waals surface area (Å²) >= 11 is 1.80. The molecule has 4 rings (SSSR count). The zero-order chi connectivity index (χ0) is 18.8. The number of nitrogens with zero attached hydrogens (tertiary/aromatic N) is 3. The highest BCUT2D eigenvalue weighted by molar-refractivity contribution is 7.11. The third-order valence-corrected chi connectivity index (χ3v) is 6.43. The van der Waals surface area contributed by atoms with Crippen LogP contribution in [0.1, 0.15) is 40.0 Å². The first-order valence-corrected chi connectivity index (χ1v) is 10.1. The summed E-state index contributed by atoms with van der Waals surface area (Å²) < 4.78 is 5.40. The molecule has 1 saturated heterocycles. The highest BCUT2D eigenvalue weighted by atomic mass is 32.1. The van der Waals surface area contributed by atoms with E-state index in [2.05, 4.69) is 19.0 Å². The van der Waals surface area contributed by atoms with Gasteiger partial charge in [0.25, 0.3) is 0 Å². The van der Waals surface area contributed by atoms with E-state index in [0.717, 1.165) is 37.2 Å². The number of aryl methyl sites for hydroxylation is 2. The van der Waals surface area contributed by atoms with Gasteiger partial charge in [-0.3, -0.25) is 4.79 Å². The van der Waals surface area contributed by atoms with Crippen LogP contribution in [-0.2, 0) is 11.2 Å². The van der Waals surface area contributed by atoms with Crippen LogP contribution in [0.25, 0.3) is 11.3 Å². The van der Waals surface area contributed by atoms with E-state index in [-0.39, 0.29) is 12.3 Å². The van der Waals surface area contributed by atoms with Gasteiger partial charge in [0.05, 0.1) is 22.8 Å². The van der Waals surface area contributed by atoms with Crippen LogP contribution in [0.2, 0.25) is 0 Å². The van der Waals surface area contributed by atoms with E-state index in [1.165, 1.54) is 9.88 Å². The van der Waals surface area contributed by atoms with E-state index in [9.17, 15) is 4.79 Å². The molecule has 27 heavy (non-hydrogen) atoms. The first-order valence-electron chi connectivity index (χ1n) is 9.33. The van der Waals surface area contributed by atoms with E-state index in [1.807, 2.05) is 41.3 Å². The van der Waals surface area contributed by atoms with Gasteiger partial charge in [0.2, 0.25) is 5.91 Å². The molecule has 0 atom stereocenters. The smallest absolute Gasteiger partial charge is 0.228 e. The average molecular weight is 382 g/mol. The lowest BCUT2D eigenvalue weighted by Crippen LogP contribution is -2.38. The van der Waals surface area contributed by atoms with Gasteiger partial charge in [0.1, 0.15) is 0 Å². The normalized spacial score (nSPS) is 15.3. The predicted molar refractivity (Wildman–Crippen MR) is 106 cm³/mol. The molecule has 0 unspecified atom stereocenters. The molecule has 1 fully saturated rings. The maximum Gasteiger partial charge on any atom is 0.228 e. The summed E-state index contributed by atoms with van der Waals surface area (Å²) in [6.07, 6.45) is 2.24. The van der Waals surface area contributed by atoms with Crippen molar-refractivity contribution in [3.8, 4) is 11.3 Å². The van der Waals surface area contributed by atoms with Gasteiger partial charge in [-0.05, 0) is 26.7 Å². The number of likely N-dealkylation sites (tertiary alicyclic amines) is 1. The van der Waals surface area contributed by atoms with Gasteiger partial charge in [-0.2, -0.15) is 0 Å². The largest absolute Gasteiger partial charge is 0.356 e. The molecule has 6 heteroatoms. The zero-order valence-electron chi connectivity index (χ0n) is 15.6. The van der Waals surface area contributed by atoms with Crippen molar-refractivity contribution in [3.05, 3.63) is 57.7 Å². The molecule has 3 aromatic rings. The number of thiazole rings is 1. The SMILES string of the molecule is Cc1nc(C2CCN(C(=O)Cc3cc(-c4ccccc4)on3)CC2)sc1C. The van der Waals surface area contributed by atoms with Crippen LogP contribution in [0.15, 0.2) is 40.9 Å². The fourth-order valence-electron chi connectivity index (χ4n) is 3.45. The van der Waals surface area contributed by atoms with Crippen molar-refractivity contribution in [2.45, 2.75) is 39.0 Å². The Morgan fingerprint density at radius 2 is 1.96 bits per heavy atom. The maximum absolute atomic E-state index is 12.6. The van der Waals surface area contributed by atoms with Crippen LogP contribution in [0.4, 0.5) is 0 Å². The number of rotatable bonds is 4. The van der Waals surface area contributed by atoms with Gasteiger partial charge in [0, 0.05) is 35.5 Å². The Morgan fingerprint density at radius 1 is 1.22 bits per heavy atom. The molecule has 0 bridgehead atoms.